The van der Waals surface area contributed by atoms with Gasteiger partial charge >= 0.3 is 12.0 Å². The van der Waals surface area contributed by atoms with Crippen LogP contribution in [-0.4, -0.2) is 65.6 Å². The Morgan fingerprint density at radius 2 is 1.51 bits per heavy atom. The Morgan fingerprint density at radius 3 is 2.16 bits per heavy atom. The van der Waals surface area contributed by atoms with Crippen LogP contribution >= 0.6 is 0 Å². The topological polar surface area (TPSA) is 153 Å². The van der Waals surface area contributed by atoms with E-state index in [-0.39, 0.29) is 29.1 Å². The van der Waals surface area contributed by atoms with Crippen molar-refractivity contribution in [1.29, 1.82) is 0 Å². The largest absolute Gasteiger partial charge is 0.478 e. The number of likely N-dealkylation sites (N-methyl/N-ethyl adjacent to an activating group) is 1. The van der Waals surface area contributed by atoms with E-state index in [0.717, 1.165) is 37.5 Å². The van der Waals surface area contributed by atoms with Crippen molar-refractivity contribution in [3.63, 3.8) is 0 Å². The number of imide groups is 2. The van der Waals surface area contributed by atoms with E-state index < -0.39 is 39.3 Å². The highest BCUT2D eigenvalue weighted by Gasteiger charge is 2.42. The van der Waals surface area contributed by atoms with Crippen LogP contribution in [0.5, 0.6) is 0 Å². The van der Waals surface area contributed by atoms with Gasteiger partial charge in [-0.1, -0.05) is 68.5 Å². The van der Waals surface area contributed by atoms with Crippen LogP contribution in [0, 0.1) is 0 Å². The minimum absolute atomic E-state index is 0.0111. The van der Waals surface area contributed by atoms with Gasteiger partial charge in [-0.3, -0.25) is 19.0 Å². The van der Waals surface area contributed by atoms with Crippen molar-refractivity contribution in [2.45, 2.75) is 39.0 Å². The SMILES string of the molecule is CCN1C(=O)C(=CC=CC=CC=C2N(CCCCS(=O)(=O)O)c3ccc4ccccc4c3C2(C)C)C(=O)N(c2ccc(C(=O)O)cc2)C1=O. The average Bonchev–Trinajstić information content (AvgIpc) is 3.27. The molecule has 0 spiro atoms. The molecule has 11 nitrogen and oxygen atoms in total. The molecule has 0 aliphatic carbocycles. The van der Waals surface area contributed by atoms with Crippen molar-refractivity contribution in [3.05, 3.63) is 120 Å². The summed E-state index contributed by atoms with van der Waals surface area (Å²) in [6, 6.07) is 16.7. The summed E-state index contributed by atoms with van der Waals surface area (Å²) in [6.45, 7) is 6.46. The summed E-state index contributed by atoms with van der Waals surface area (Å²) in [5, 5.41) is 11.4. The van der Waals surface area contributed by atoms with Gasteiger partial charge in [0.1, 0.15) is 5.57 Å². The van der Waals surface area contributed by atoms with E-state index in [4.69, 9.17) is 0 Å². The first-order chi connectivity index (χ1) is 23.3. The maximum absolute atomic E-state index is 13.4. The van der Waals surface area contributed by atoms with Crippen molar-refractivity contribution in [2.75, 3.05) is 28.6 Å². The zero-order valence-electron chi connectivity index (χ0n) is 27.4. The Morgan fingerprint density at radius 1 is 0.837 bits per heavy atom. The normalized spacial score (nSPS) is 18.2. The van der Waals surface area contributed by atoms with Crippen molar-refractivity contribution in [1.82, 2.24) is 4.90 Å². The first kappa shape index (κ1) is 35.0. The molecule has 3 aromatic rings. The van der Waals surface area contributed by atoms with Crippen molar-refractivity contribution >= 4 is 56.1 Å². The number of anilines is 2. The molecule has 0 unspecified atom stereocenters. The van der Waals surface area contributed by atoms with Crippen LogP contribution in [0.3, 0.4) is 0 Å². The Balaban J connectivity index is 1.41. The van der Waals surface area contributed by atoms with E-state index in [1.807, 2.05) is 24.3 Å². The number of carboxylic acid groups (broad SMARTS) is 1. The van der Waals surface area contributed by atoms with Crippen LogP contribution in [-0.2, 0) is 25.1 Å². The fourth-order valence-electron chi connectivity index (χ4n) is 6.31. The number of rotatable bonds is 11. The first-order valence-electron chi connectivity index (χ1n) is 15.8. The van der Waals surface area contributed by atoms with Gasteiger partial charge in [-0.05, 0) is 78.6 Å². The van der Waals surface area contributed by atoms with Gasteiger partial charge in [-0.2, -0.15) is 8.42 Å². The summed E-state index contributed by atoms with van der Waals surface area (Å²) in [5.74, 6) is -3.01. The minimum Gasteiger partial charge on any atom is -0.478 e. The molecule has 5 rings (SSSR count). The number of allylic oxidation sites excluding steroid dienone is 7. The summed E-state index contributed by atoms with van der Waals surface area (Å²) in [5.41, 5.74) is 2.69. The molecule has 2 aliphatic rings. The molecule has 3 aromatic carbocycles. The van der Waals surface area contributed by atoms with Gasteiger partial charge in [-0.15, -0.1) is 0 Å². The third kappa shape index (κ3) is 7.10. The zero-order chi connectivity index (χ0) is 35.5. The number of fused-ring (bicyclic) bond motifs is 3. The number of benzene rings is 3. The van der Waals surface area contributed by atoms with E-state index in [0.29, 0.717) is 19.4 Å². The van der Waals surface area contributed by atoms with Crippen molar-refractivity contribution < 1.29 is 37.3 Å². The van der Waals surface area contributed by atoms with Gasteiger partial charge < -0.3 is 10.0 Å². The number of hydrogen-bond acceptors (Lipinski definition) is 7. The van der Waals surface area contributed by atoms with Gasteiger partial charge in [0, 0.05) is 29.9 Å². The third-order valence-corrected chi connectivity index (χ3v) is 9.46. The zero-order valence-corrected chi connectivity index (χ0v) is 28.2. The summed E-state index contributed by atoms with van der Waals surface area (Å²) in [6.07, 6.45) is 11.0. The number of unbranched alkanes of at least 4 members (excludes halogenated alkanes) is 1. The molecule has 0 atom stereocenters. The standard InChI is InChI=1S/C37H37N3O8S/c1-4-38-33(41)29(34(42)40(36(38)45)27-20-17-26(18-21-27)35(43)44)15-7-5-6-8-16-31-37(2,3)32-28-14-10-9-13-25(28)19-22-30(32)39(31)23-11-12-24-49(46,47)48/h5-10,13-22H,4,11-12,23-24H2,1-3H3,(H,43,44)(H,46,47,48). The molecule has 1 saturated heterocycles. The fraction of sp³-hybridized carbons (Fsp3) is 0.243. The lowest BCUT2D eigenvalue weighted by Crippen LogP contribution is -2.56. The summed E-state index contributed by atoms with van der Waals surface area (Å²) >= 11 is 0. The fourth-order valence-corrected chi connectivity index (χ4v) is 6.88. The molecule has 2 aliphatic heterocycles. The van der Waals surface area contributed by atoms with E-state index in [1.165, 1.54) is 36.4 Å². The Bertz CT molecular complexity index is 2060. The molecular formula is C37H37N3O8S. The van der Waals surface area contributed by atoms with Crippen molar-refractivity contribution in [2.24, 2.45) is 0 Å². The molecule has 0 aromatic heterocycles. The molecular weight excluding hydrogens is 646 g/mol. The number of aromatic carboxylic acids is 1. The highest BCUT2D eigenvalue weighted by atomic mass is 32.2. The maximum atomic E-state index is 13.4. The van der Waals surface area contributed by atoms with Crippen LogP contribution in [0.1, 0.15) is 49.5 Å². The number of carbonyl (C=O) groups is 4. The quantitative estimate of drug-likeness (QED) is 0.0786. The van der Waals surface area contributed by atoms with Crippen LogP contribution in [0.4, 0.5) is 16.2 Å². The Hall–Kier alpha value is -5.33. The van der Waals surface area contributed by atoms with E-state index >= 15 is 0 Å². The summed E-state index contributed by atoms with van der Waals surface area (Å²) < 4.78 is 31.8. The molecule has 49 heavy (non-hydrogen) atoms. The summed E-state index contributed by atoms with van der Waals surface area (Å²) in [4.78, 5) is 54.7. The number of nitrogens with zero attached hydrogens (tertiary/aromatic N) is 3. The molecule has 12 heteroatoms. The highest BCUT2D eigenvalue weighted by Crippen LogP contribution is 2.50. The second-order valence-corrected chi connectivity index (χ2v) is 13.7. The molecule has 0 bridgehead atoms. The number of amides is 4. The van der Waals surface area contributed by atoms with Crippen molar-refractivity contribution in [3.8, 4) is 0 Å². The first-order valence-corrected chi connectivity index (χ1v) is 17.4. The van der Waals surface area contributed by atoms with Gasteiger partial charge in [0.25, 0.3) is 21.9 Å². The summed E-state index contributed by atoms with van der Waals surface area (Å²) in [7, 11) is -4.05. The number of urea groups is 1. The molecule has 0 radical (unpaired) electrons. The molecule has 1 fully saturated rings. The third-order valence-electron chi connectivity index (χ3n) is 8.66. The van der Waals surface area contributed by atoms with Crippen LogP contribution in [0.25, 0.3) is 10.8 Å². The van der Waals surface area contributed by atoms with Gasteiger partial charge in [-0.25, -0.2) is 14.5 Å². The Labute approximate surface area is 284 Å². The number of barbiturate groups is 1. The average molecular weight is 684 g/mol. The number of carboxylic acids is 1. The number of hydrogen-bond donors (Lipinski definition) is 2. The maximum Gasteiger partial charge on any atom is 0.338 e. The highest BCUT2D eigenvalue weighted by molar-refractivity contribution is 7.85. The second kappa shape index (κ2) is 14.0. The number of carbonyl (C=O) groups excluding carboxylic acids is 3. The minimum atomic E-state index is -4.05. The van der Waals surface area contributed by atoms with E-state index in [9.17, 15) is 37.3 Å². The lowest BCUT2D eigenvalue weighted by molar-refractivity contribution is -0.128. The monoisotopic (exact) mass is 683 g/mol. The smallest absolute Gasteiger partial charge is 0.338 e. The molecule has 4 amide bonds. The lowest BCUT2D eigenvalue weighted by Gasteiger charge is -2.33. The predicted octanol–water partition coefficient (Wildman–Crippen LogP) is 6.24. The lowest BCUT2D eigenvalue weighted by atomic mass is 9.81. The van der Waals surface area contributed by atoms with E-state index in [1.54, 1.807) is 19.1 Å². The van der Waals surface area contributed by atoms with Gasteiger partial charge in [0.15, 0.2) is 0 Å². The van der Waals surface area contributed by atoms with Crippen LogP contribution < -0.4 is 9.80 Å². The second-order valence-electron chi connectivity index (χ2n) is 12.2. The molecule has 254 valence electrons. The van der Waals surface area contributed by atoms with E-state index in [2.05, 4.69) is 43.0 Å². The Kier molecular flexibility index (Phi) is 10.0. The van der Waals surface area contributed by atoms with Gasteiger partial charge in [0.2, 0.25) is 0 Å². The molecule has 2 heterocycles. The van der Waals surface area contributed by atoms with Gasteiger partial charge in [0.05, 0.1) is 17.0 Å². The predicted molar refractivity (Wildman–Crippen MR) is 188 cm³/mol. The van der Waals surface area contributed by atoms with Crippen LogP contribution in [0.15, 0.2) is 108 Å². The molecule has 2 N–H and O–H groups in total. The van der Waals surface area contributed by atoms with Crippen LogP contribution in [0.2, 0.25) is 0 Å². The molecule has 0 saturated carbocycles.